The fraction of sp³-hybridized carbons (Fsp3) is 0.211. The first-order valence-corrected chi connectivity index (χ1v) is 7.96. The summed E-state index contributed by atoms with van der Waals surface area (Å²) < 4.78 is 17.7. The number of nitrogens with zero attached hydrogens (tertiary/aromatic N) is 2. The van der Waals surface area contributed by atoms with Gasteiger partial charge in [-0.1, -0.05) is 12.1 Å². The summed E-state index contributed by atoms with van der Waals surface area (Å²) in [5, 5.41) is 7.27. The third kappa shape index (κ3) is 6.01. The largest absolute Gasteiger partial charge is 0.466 e. The van der Waals surface area contributed by atoms with E-state index >= 15 is 0 Å². The first kappa shape index (κ1) is 19.1. The number of hydrogen-bond donors (Lipinski definition) is 0. The van der Waals surface area contributed by atoms with E-state index in [9.17, 15) is 18.8 Å². The summed E-state index contributed by atoms with van der Waals surface area (Å²) >= 11 is 0. The lowest BCUT2D eigenvalue weighted by Gasteiger charge is -2.02. The summed E-state index contributed by atoms with van der Waals surface area (Å²) in [6.45, 7) is 2.06. The molecule has 0 aliphatic heterocycles. The Morgan fingerprint density at radius 1 is 1.00 bits per heavy atom. The van der Waals surface area contributed by atoms with Crippen LogP contribution in [0.3, 0.4) is 0 Å². The van der Waals surface area contributed by atoms with Gasteiger partial charge in [0.2, 0.25) is 0 Å². The van der Waals surface area contributed by atoms with Gasteiger partial charge in [-0.25, -0.2) is 4.39 Å². The van der Waals surface area contributed by atoms with Gasteiger partial charge in [0, 0.05) is 5.56 Å². The molecule has 26 heavy (non-hydrogen) atoms. The van der Waals surface area contributed by atoms with E-state index in [1.165, 1.54) is 12.1 Å². The van der Waals surface area contributed by atoms with Crippen LogP contribution in [-0.2, 0) is 20.7 Å². The number of ketones is 1. The Balaban J connectivity index is 1.90. The zero-order valence-corrected chi connectivity index (χ0v) is 14.1. The molecule has 1 amide bonds. The van der Waals surface area contributed by atoms with E-state index in [1.807, 2.05) is 0 Å². The number of rotatable bonds is 7. The maximum absolute atomic E-state index is 12.8. The van der Waals surface area contributed by atoms with Gasteiger partial charge in [-0.15, -0.1) is 10.2 Å². The van der Waals surface area contributed by atoms with Crippen LogP contribution in [0.1, 0.15) is 29.3 Å². The smallest absolute Gasteiger partial charge is 0.310 e. The quantitative estimate of drug-likeness (QED) is 0.327. The average Bonchev–Trinajstić information content (AvgIpc) is 2.62. The number of halogens is 1. The van der Waals surface area contributed by atoms with Crippen molar-refractivity contribution in [3.05, 3.63) is 65.5 Å². The van der Waals surface area contributed by atoms with Crippen LogP contribution in [0.2, 0.25) is 0 Å². The lowest BCUT2D eigenvalue weighted by molar-refractivity contribution is -0.142. The van der Waals surface area contributed by atoms with Gasteiger partial charge >= 0.3 is 5.97 Å². The minimum atomic E-state index is -0.699. The molecule has 0 saturated carbocycles. The first-order valence-electron chi connectivity index (χ1n) is 7.96. The van der Waals surface area contributed by atoms with Crippen LogP contribution in [0.4, 0.5) is 10.1 Å². The molecule has 0 radical (unpaired) electrons. The normalized spacial score (nSPS) is 10.7. The van der Waals surface area contributed by atoms with Gasteiger partial charge in [0.15, 0.2) is 5.78 Å². The molecule has 0 unspecified atom stereocenters. The van der Waals surface area contributed by atoms with E-state index in [0.29, 0.717) is 12.3 Å². The van der Waals surface area contributed by atoms with Crippen LogP contribution in [0, 0.1) is 5.82 Å². The van der Waals surface area contributed by atoms with Gasteiger partial charge in [-0.05, 0) is 48.9 Å². The van der Waals surface area contributed by atoms with Crippen LogP contribution in [0.15, 0.2) is 58.8 Å². The number of esters is 1. The van der Waals surface area contributed by atoms with Gasteiger partial charge in [0.1, 0.15) is 5.82 Å². The molecule has 2 aromatic rings. The van der Waals surface area contributed by atoms with Crippen LogP contribution in [0.5, 0.6) is 0 Å². The molecule has 7 heteroatoms. The molecule has 0 N–H and O–H groups in total. The molecule has 0 atom stereocenters. The summed E-state index contributed by atoms with van der Waals surface area (Å²) in [6, 6.07) is 11.5. The van der Waals surface area contributed by atoms with Crippen molar-refractivity contribution in [1.29, 1.82) is 0 Å². The van der Waals surface area contributed by atoms with Crippen molar-refractivity contribution in [3.63, 3.8) is 0 Å². The molecule has 0 bridgehead atoms. The Kier molecular flexibility index (Phi) is 6.84. The number of ether oxygens (including phenoxy) is 1. The second-order valence-corrected chi connectivity index (χ2v) is 5.35. The molecule has 0 aromatic heterocycles. The van der Waals surface area contributed by atoms with Crippen LogP contribution >= 0.6 is 0 Å². The van der Waals surface area contributed by atoms with Gasteiger partial charge in [-0.3, -0.25) is 14.4 Å². The summed E-state index contributed by atoms with van der Waals surface area (Å²) in [6.07, 6.45) is -0.299. The van der Waals surface area contributed by atoms with Crippen molar-refractivity contribution >= 4 is 23.3 Å². The van der Waals surface area contributed by atoms with E-state index in [1.54, 1.807) is 31.2 Å². The summed E-state index contributed by atoms with van der Waals surface area (Å²) in [4.78, 5) is 35.0. The van der Waals surface area contributed by atoms with Crippen LogP contribution in [0.25, 0.3) is 0 Å². The molecule has 2 rings (SSSR count). The van der Waals surface area contributed by atoms with Crippen molar-refractivity contribution in [3.8, 4) is 0 Å². The number of amides is 1. The number of hydrogen-bond acceptors (Lipinski definition) is 5. The Morgan fingerprint density at radius 3 is 2.27 bits per heavy atom. The van der Waals surface area contributed by atoms with Crippen molar-refractivity contribution < 1.29 is 23.5 Å². The molecule has 0 spiro atoms. The SMILES string of the molecule is CCOC(=O)Cc1ccc(N=NC(=O)CC(=O)c2ccc(F)cc2)cc1. The maximum Gasteiger partial charge on any atom is 0.310 e. The Labute approximate surface area is 149 Å². The van der Waals surface area contributed by atoms with Crippen molar-refractivity contribution in [2.24, 2.45) is 10.2 Å². The van der Waals surface area contributed by atoms with Gasteiger partial charge in [0.25, 0.3) is 5.91 Å². The predicted molar refractivity (Wildman–Crippen MR) is 91.6 cm³/mol. The second-order valence-electron chi connectivity index (χ2n) is 5.35. The molecule has 0 saturated heterocycles. The van der Waals surface area contributed by atoms with E-state index in [2.05, 4.69) is 10.2 Å². The van der Waals surface area contributed by atoms with Crippen molar-refractivity contribution in [2.75, 3.05) is 6.61 Å². The van der Waals surface area contributed by atoms with E-state index in [0.717, 1.165) is 17.7 Å². The molecular formula is C19H17FN2O4. The van der Waals surface area contributed by atoms with E-state index in [4.69, 9.17) is 4.74 Å². The summed E-state index contributed by atoms with van der Waals surface area (Å²) in [7, 11) is 0. The molecule has 2 aromatic carbocycles. The van der Waals surface area contributed by atoms with E-state index in [-0.39, 0.29) is 18.0 Å². The standard InChI is InChI=1S/C19H17FN2O4/c1-2-26-19(25)11-13-3-9-16(10-4-13)21-22-18(24)12-17(23)14-5-7-15(20)8-6-14/h3-10H,2,11-12H2,1H3. The Morgan fingerprint density at radius 2 is 1.65 bits per heavy atom. The van der Waals surface area contributed by atoms with Gasteiger partial charge < -0.3 is 4.74 Å². The van der Waals surface area contributed by atoms with Crippen molar-refractivity contribution in [2.45, 2.75) is 19.8 Å². The highest BCUT2D eigenvalue weighted by Gasteiger charge is 2.11. The van der Waals surface area contributed by atoms with Gasteiger partial charge in [-0.2, -0.15) is 0 Å². The zero-order valence-electron chi connectivity index (χ0n) is 14.1. The zero-order chi connectivity index (χ0) is 18.9. The molecule has 0 aliphatic carbocycles. The fourth-order valence-electron chi connectivity index (χ4n) is 2.08. The minimum absolute atomic E-state index is 0.149. The highest BCUT2D eigenvalue weighted by molar-refractivity contribution is 6.07. The average molecular weight is 356 g/mol. The topological polar surface area (TPSA) is 85.2 Å². The molecular weight excluding hydrogens is 339 g/mol. The third-order valence-electron chi connectivity index (χ3n) is 3.35. The number of carbonyl (C=O) groups is 3. The lowest BCUT2D eigenvalue weighted by Crippen LogP contribution is -2.07. The Hall–Kier alpha value is -3.22. The molecule has 0 fully saturated rings. The first-order chi connectivity index (χ1) is 12.5. The lowest BCUT2D eigenvalue weighted by atomic mass is 10.1. The number of carbonyl (C=O) groups excluding carboxylic acids is 3. The number of benzene rings is 2. The van der Waals surface area contributed by atoms with Crippen LogP contribution in [-0.4, -0.2) is 24.3 Å². The highest BCUT2D eigenvalue weighted by Crippen LogP contribution is 2.15. The summed E-state index contributed by atoms with van der Waals surface area (Å²) in [5.74, 6) is -1.94. The highest BCUT2D eigenvalue weighted by atomic mass is 19.1. The third-order valence-corrected chi connectivity index (χ3v) is 3.35. The molecule has 0 aliphatic rings. The van der Waals surface area contributed by atoms with E-state index < -0.39 is 23.9 Å². The fourth-order valence-corrected chi connectivity index (χ4v) is 2.08. The summed E-state index contributed by atoms with van der Waals surface area (Å²) in [5.41, 5.74) is 1.40. The monoisotopic (exact) mass is 356 g/mol. The molecule has 6 nitrogen and oxygen atoms in total. The van der Waals surface area contributed by atoms with Gasteiger partial charge in [0.05, 0.1) is 25.1 Å². The van der Waals surface area contributed by atoms with Crippen molar-refractivity contribution in [1.82, 2.24) is 0 Å². The Bertz CT molecular complexity index is 814. The minimum Gasteiger partial charge on any atom is -0.466 e. The number of azo groups is 1. The maximum atomic E-state index is 12.8. The number of Topliss-reactive ketones (excluding diaryl/α,β-unsaturated/α-hetero) is 1. The molecule has 0 heterocycles. The second kappa shape index (κ2) is 9.31. The molecule has 134 valence electrons. The van der Waals surface area contributed by atoms with Crippen LogP contribution < -0.4 is 0 Å². The predicted octanol–water partition coefficient (Wildman–Crippen LogP) is 3.81.